The zero-order chi connectivity index (χ0) is 24.1. The van der Waals surface area contributed by atoms with Gasteiger partial charge in [0.2, 0.25) is 5.78 Å². The lowest BCUT2D eigenvalue weighted by atomic mass is 9.95. The van der Waals surface area contributed by atoms with Gasteiger partial charge >= 0.3 is 30.4 Å². The smallest absolute Gasteiger partial charge is 0.439 e. The Labute approximate surface area is 155 Å². The maximum Gasteiger partial charge on any atom is 0.439 e. The predicted molar refractivity (Wildman–Crippen MR) is 65.3 cm³/mol. The van der Waals surface area contributed by atoms with Gasteiger partial charge in [-0.2, -0.15) is 52.7 Å². The second kappa shape index (κ2) is 7.30. The maximum absolute atomic E-state index is 13.5. The Balaban J connectivity index is 3.75. The van der Waals surface area contributed by atoms with E-state index in [1.807, 2.05) is 0 Å². The van der Waals surface area contributed by atoms with Gasteiger partial charge in [-0.1, -0.05) is 5.76 Å². The van der Waals surface area contributed by atoms with E-state index in [1.54, 1.807) is 0 Å². The number of rotatable bonds is 3. The van der Waals surface area contributed by atoms with E-state index in [0.717, 1.165) is 0 Å². The molecule has 170 valence electrons. The quantitative estimate of drug-likeness (QED) is 0.357. The molecule has 0 aliphatic carbocycles. The van der Waals surface area contributed by atoms with Gasteiger partial charge in [0, 0.05) is 0 Å². The third-order valence-electron chi connectivity index (χ3n) is 3.37. The second-order valence-corrected chi connectivity index (χ2v) is 5.40. The van der Waals surface area contributed by atoms with E-state index >= 15 is 0 Å². The third kappa shape index (κ3) is 4.61. The molecule has 0 aromatic heterocycles. The molecule has 0 saturated carbocycles. The van der Waals surface area contributed by atoms with Crippen molar-refractivity contribution in [2.24, 2.45) is 0 Å². The van der Waals surface area contributed by atoms with Crippen LogP contribution < -0.4 is 5.11 Å². The lowest BCUT2D eigenvalue weighted by molar-refractivity contribution is -0.323. The van der Waals surface area contributed by atoms with Crippen LogP contribution in [0.25, 0.3) is 5.76 Å². The molecule has 0 aliphatic rings. The minimum absolute atomic E-state index is 0.807. The molecule has 0 aliphatic heterocycles. The van der Waals surface area contributed by atoms with E-state index in [9.17, 15) is 71.4 Å². The summed E-state index contributed by atoms with van der Waals surface area (Å²) in [7, 11) is 0. The standard InChI is InChI=1S/C14H4F14O2/c15-7-1-4(5(11(17,18)19)2-6(7)12(20,21)22)8(29)3-9(30)10(16,13(23,24)25)14(26,27)28/h1-3,29H/p-1/b8-3-. The van der Waals surface area contributed by atoms with Crippen LogP contribution in [0.1, 0.15) is 16.7 Å². The molecule has 30 heavy (non-hydrogen) atoms. The summed E-state index contributed by atoms with van der Waals surface area (Å²) in [6.07, 6.45) is -27.1. The van der Waals surface area contributed by atoms with Crippen molar-refractivity contribution in [2.75, 3.05) is 0 Å². The molecule has 1 aromatic rings. The molecular weight excluding hydrogens is 466 g/mol. The van der Waals surface area contributed by atoms with Gasteiger partial charge in [0.15, 0.2) is 0 Å². The number of benzene rings is 1. The van der Waals surface area contributed by atoms with E-state index in [-0.39, 0.29) is 0 Å². The van der Waals surface area contributed by atoms with Crippen LogP contribution in [0.4, 0.5) is 61.5 Å². The fraction of sp³-hybridized carbons (Fsp3) is 0.357. The van der Waals surface area contributed by atoms with Crippen LogP contribution in [-0.4, -0.2) is 23.8 Å². The van der Waals surface area contributed by atoms with Crippen LogP contribution in [0.15, 0.2) is 18.2 Å². The second-order valence-electron chi connectivity index (χ2n) is 5.40. The van der Waals surface area contributed by atoms with Gasteiger partial charge in [-0.05, 0) is 23.8 Å². The van der Waals surface area contributed by atoms with Crippen molar-refractivity contribution in [1.82, 2.24) is 0 Å². The van der Waals surface area contributed by atoms with E-state index in [4.69, 9.17) is 0 Å². The van der Waals surface area contributed by atoms with Gasteiger partial charge in [-0.15, -0.1) is 0 Å². The van der Waals surface area contributed by atoms with E-state index in [2.05, 4.69) is 0 Å². The molecule has 0 fully saturated rings. The molecule has 16 heteroatoms. The summed E-state index contributed by atoms with van der Waals surface area (Å²) in [4.78, 5) is 11.2. The van der Waals surface area contributed by atoms with E-state index in [1.165, 1.54) is 0 Å². The lowest BCUT2D eigenvalue weighted by Gasteiger charge is -2.28. The number of hydrogen-bond donors (Lipinski definition) is 0. The average Bonchev–Trinajstić information content (AvgIpc) is 2.48. The Kier molecular flexibility index (Phi) is 6.20. The Hall–Kier alpha value is -2.55. The molecule has 0 spiro atoms. The zero-order valence-corrected chi connectivity index (χ0v) is 13.3. The van der Waals surface area contributed by atoms with Crippen molar-refractivity contribution in [1.29, 1.82) is 0 Å². The highest BCUT2D eigenvalue weighted by Gasteiger charge is 2.76. The molecule has 0 heterocycles. The van der Waals surface area contributed by atoms with Crippen molar-refractivity contribution >= 4 is 11.5 Å². The topological polar surface area (TPSA) is 40.1 Å². The largest absolute Gasteiger partial charge is 0.872 e. The Morgan fingerprint density at radius 3 is 1.47 bits per heavy atom. The first kappa shape index (κ1) is 25.5. The van der Waals surface area contributed by atoms with Crippen molar-refractivity contribution < 1.29 is 71.4 Å². The molecule has 2 nitrogen and oxygen atoms in total. The number of carbonyl (C=O) groups excluding carboxylic acids is 1. The summed E-state index contributed by atoms with van der Waals surface area (Å²) in [5, 5.41) is 11.6. The fourth-order valence-electron chi connectivity index (χ4n) is 1.97. The van der Waals surface area contributed by atoms with Gasteiger partial charge in [-0.25, -0.2) is 8.78 Å². The summed E-state index contributed by atoms with van der Waals surface area (Å²) >= 11 is 0. The first-order valence-electron chi connectivity index (χ1n) is 6.79. The van der Waals surface area contributed by atoms with Crippen LogP contribution in [0, 0.1) is 5.82 Å². The van der Waals surface area contributed by atoms with Crippen LogP contribution in [0.5, 0.6) is 0 Å². The molecule has 0 N–H and O–H groups in total. The Bertz CT molecular complexity index is 840. The van der Waals surface area contributed by atoms with Crippen LogP contribution >= 0.6 is 0 Å². The number of halogens is 14. The number of carbonyl (C=O) groups is 1. The van der Waals surface area contributed by atoms with Crippen LogP contribution in [0.3, 0.4) is 0 Å². The summed E-state index contributed by atoms with van der Waals surface area (Å²) in [6.45, 7) is 0. The van der Waals surface area contributed by atoms with Crippen molar-refractivity contribution in [2.45, 2.75) is 30.4 Å². The van der Waals surface area contributed by atoms with Crippen LogP contribution in [0.2, 0.25) is 0 Å². The molecule has 0 saturated heterocycles. The molecule has 0 unspecified atom stereocenters. The number of hydrogen-bond acceptors (Lipinski definition) is 2. The lowest BCUT2D eigenvalue weighted by Crippen LogP contribution is -2.58. The molecule has 0 bridgehead atoms. The van der Waals surface area contributed by atoms with Crippen molar-refractivity contribution in [3.8, 4) is 0 Å². The van der Waals surface area contributed by atoms with Crippen molar-refractivity contribution in [3.05, 3.63) is 40.7 Å². The zero-order valence-electron chi connectivity index (χ0n) is 13.3. The first-order valence-corrected chi connectivity index (χ1v) is 6.79. The highest BCUT2D eigenvalue weighted by Crippen LogP contribution is 2.47. The number of allylic oxidation sites excluding steroid dienone is 1. The molecule has 0 radical (unpaired) electrons. The maximum atomic E-state index is 13.5. The van der Waals surface area contributed by atoms with E-state index < -0.39 is 82.6 Å². The third-order valence-corrected chi connectivity index (χ3v) is 3.37. The van der Waals surface area contributed by atoms with E-state index in [0.29, 0.717) is 0 Å². The minimum Gasteiger partial charge on any atom is -0.872 e. The predicted octanol–water partition coefficient (Wildman–Crippen LogP) is 4.97. The monoisotopic (exact) mass is 469 g/mol. The average molecular weight is 469 g/mol. The molecule has 0 amide bonds. The normalized spacial score (nSPS) is 14.8. The Morgan fingerprint density at radius 1 is 0.733 bits per heavy atom. The molecule has 1 rings (SSSR count). The minimum atomic E-state index is -7.02. The van der Waals surface area contributed by atoms with Gasteiger partial charge < -0.3 is 5.11 Å². The van der Waals surface area contributed by atoms with Gasteiger partial charge in [-0.3, -0.25) is 4.79 Å². The SMILES string of the molecule is O=C(/C=C(\[O-])c1cc(F)c(C(F)(F)F)cc1C(F)(F)F)C(F)(C(F)(F)F)C(F)(F)F. The highest BCUT2D eigenvalue weighted by molar-refractivity contribution is 6.02. The highest BCUT2D eigenvalue weighted by atomic mass is 19.4. The summed E-state index contributed by atoms with van der Waals surface area (Å²) in [5.41, 5.74) is -14.2. The summed E-state index contributed by atoms with van der Waals surface area (Å²) in [6, 6.07) is -1.80. The summed E-state index contributed by atoms with van der Waals surface area (Å²) < 4.78 is 178. The summed E-state index contributed by atoms with van der Waals surface area (Å²) in [5.74, 6) is -9.05. The number of ketones is 1. The number of alkyl halides is 13. The van der Waals surface area contributed by atoms with Gasteiger partial charge in [0.05, 0.1) is 11.1 Å². The fourth-order valence-corrected chi connectivity index (χ4v) is 1.97. The molecular formula is C14H3F14O2-. The Morgan fingerprint density at radius 2 is 1.13 bits per heavy atom. The van der Waals surface area contributed by atoms with Crippen LogP contribution in [-0.2, 0) is 17.1 Å². The first-order chi connectivity index (χ1) is 13.0. The van der Waals surface area contributed by atoms with Crippen molar-refractivity contribution in [3.63, 3.8) is 0 Å². The molecule has 1 aromatic carbocycles. The van der Waals surface area contributed by atoms with Gasteiger partial charge in [0.1, 0.15) is 5.82 Å². The van der Waals surface area contributed by atoms with Gasteiger partial charge in [0.25, 0.3) is 0 Å². The molecule has 0 atom stereocenters.